The van der Waals surface area contributed by atoms with Crippen LogP contribution < -0.4 is 9.64 Å². The summed E-state index contributed by atoms with van der Waals surface area (Å²) in [7, 11) is 6.23. The van der Waals surface area contributed by atoms with Gasteiger partial charge in [0.2, 0.25) is 5.60 Å². The van der Waals surface area contributed by atoms with Gasteiger partial charge in [-0.25, -0.2) is 4.79 Å². The minimum absolute atomic E-state index is 0.00603. The maximum absolute atomic E-state index is 15.4. The number of hydrogen-bond acceptors (Lipinski definition) is 12. The lowest BCUT2D eigenvalue weighted by Crippen LogP contribution is -2.81. The number of benzene rings is 2. The Balaban J connectivity index is 1.28. The van der Waals surface area contributed by atoms with Gasteiger partial charge in [-0.1, -0.05) is 44.2 Å². The van der Waals surface area contributed by atoms with Gasteiger partial charge in [-0.05, 0) is 61.9 Å². The second-order valence-electron chi connectivity index (χ2n) is 18.3. The van der Waals surface area contributed by atoms with E-state index in [-0.39, 0.29) is 23.7 Å². The molecule has 7 heterocycles. The predicted molar refractivity (Wildman–Crippen MR) is 218 cm³/mol. The SMILES string of the molecule is CC[C@@]12CN3CCc4c([nH]c5ccccc45)[C@](C(=O)OC)(c4cc5c(cc4OC)N(C)[C@@H]4[C@](O)(C(=O)OC)[C@@H](OC(C)=O)[C@@]6(CC)C=CCN7CC[C@@]54[C@H]76)C[C@@H](C3)[C@@H]1O2. The molecule has 11 atom stereocenters. The molecule has 59 heavy (non-hydrogen) atoms. The Labute approximate surface area is 344 Å². The molecule has 1 saturated carbocycles. The fourth-order valence-electron chi connectivity index (χ4n) is 13.9. The average Bonchev–Trinajstić information content (AvgIpc) is 3.53. The number of carbonyl (C=O) groups is 3. The Bertz CT molecular complexity index is 2310. The van der Waals surface area contributed by atoms with Gasteiger partial charge in [0.15, 0.2) is 6.10 Å². The van der Waals surface area contributed by atoms with Gasteiger partial charge >= 0.3 is 17.9 Å². The highest BCUT2D eigenvalue weighted by atomic mass is 16.6. The summed E-state index contributed by atoms with van der Waals surface area (Å²) in [4.78, 5) is 53.5. The molecule has 1 unspecified atom stereocenters. The molecule has 0 amide bonds. The number of nitrogens with zero attached hydrogens (tertiary/aromatic N) is 3. The third kappa shape index (κ3) is 4.73. The van der Waals surface area contributed by atoms with Crippen molar-refractivity contribution < 1.29 is 43.2 Å². The molecule has 1 spiro atoms. The van der Waals surface area contributed by atoms with Crippen molar-refractivity contribution in [1.29, 1.82) is 0 Å². The maximum Gasteiger partial charge on any atom is 0.344 e. The molecule has 3 aromatic rings. The van der Waals surface area contributed by atoms with E-state index < -0.39 is 51.9 Å². The standard InChI is InChI=1S/C46H56N4O9/c1-8-42-16-12-18-50-20-17-44(37(42)50)30-21-31(34(55-5)22-33(30)48(4)38(44)46(54,41(53)57-7)39(42)58-26(3)51)45(40(52)56-6)23-27-24-49(25-43(9-2)36(27)59-43)19-15-29-28-13-10-11-14-32(28)47-35(29)45/h10-14,16,21-22,27,36-39,47,54H,8-9,15,17-20,23-25H2,1-7H3/t27-,36-,37+,38-,39-,42-,43+,44-,45+,46+/m0/s1. The zero-order valence-electron chi connectivity index (χ0n) is 35.1. The van der Waals surface area contributed by atoms with Crippen LogP contribution >= 0.6 is 0 Å². The molecule has 1 aromatic heterocycles. The number of carbonyl (C=O) groups excluding carboxylic acids is 3. The molecular weight excluding hydrogens is 753 g/mol. The molecule has 13 heteroatoms. The van der Waals surface area contributed by atoms with Crippen LogP contribution in [0.25, 0.3) is 10.9 Å². The Morgan fingerprint density at radius 1 is 1.00 bits per heavy atom. The maximum atomic E-state index is 15.4. The van der Waals surface area contributed by atoms with Crippen molar-refractivity contribution in [3.8, 4) is 5.75 Å². The van der Waals surface area contributed by atoms with Gasteiger partial charge in [-0.2, -0.15) is 0 Å². The van der Waals surface area contributed by atoms with Gasteiger partial charge in [-0.3, -0.25) is 19.4 Å². The van der Waals surface area contributed by atoms with Gasteiger partial charge in [0, 0.05) is 96.9 Å². The number of esters is 3. The molecule has 7 aliphatic rings. The van der Waals surface area contributed by atoms with Gasteiger partial charge in [0.1, 0.15) is 16.8 Å². The number of para-hydroxylation sites is 1. The van der Waals surface area contributed by atoms with Crippen molar-refractivity contribution in [3.05, 3.63) is 70.9 Å². The predicted octanol–water partition coefficient (Wildman–Crippen LogP) is 4.01. The minimum Gasteiger partial charge on any atom is -0.496 e. The molecular formula is C46H56N4O9. The topological polar surface area (TPSA) is 146 Å². The lowest BCUT2D eigenvalue weighted by molar-refractivity contribution is -0.228. The zero-order valence-corrected chi connectivity index (χ0v) is 35.1. The number of aliphatic hydroxyl groups is 1. The molecule has 0 radical (unpaired) electrons. The molecule has 10 rings (SSSR count). The first-order chi connectivity index (χ1) is 28.3. The number of rotatable bonds is 7. The first-order valence-electron chi connectivity index (χ1n) is 21.3. The number of aromatic nitrogens is 1. The quantitative estimate of drug-likeness (QED) is 0.154. The van der Waals surface area contributed by atoms with Crippen LogP contribution in [0, 0.1) is 11.3 Å². The van der Waals surface area contributed by atoms with E-state index in [0.29, 0.717) is 50.1 Å². The van der Waals surface area contributed by atoms with Crippen molar-refractivity contribution in [2.75, 3.05) is 66.0 Å². The van der Waals surface area contributed by atoms with Gasteiger partial charge in [0.05, 0.1) is 33.5 Å². The number of piperidine rings is 1. The number of nitrogens with one attached hydrogen (secondary N) is 1. The third-order valence-electron chi connectivity index (χ3n) is 16.0. The molecule has 4 fully saturated rings. The van der Waals surface area contributed by atoms with Crippen LogP contribution in [0.5, 0.6) is 5.75 Å². The molecule has 2 N–H and O–H groups in total. The highest BCUT2D eigenvalue weighted by Gasteiger charge is 2.80. The van der Waals surface area contributed by atoms with E-state index in [1.54, 1.807) is 7.11 Å². The molecule has 6 aliphatic heterocycles. The zero-order chi connectivity index (χ0) is 41.4. The van der Waals surface area contributed by atoms with E-state index in [9.17, 15) is 14.7 Å². The van der Waals surface area contributed by atoms with Crippen molar-refractivity contribution in [2.24, 2.45) is 11.3 Å². The number of ether oxygens (including phenoxy) is 5. The Morgan fingerprint density at radius 3 is 2.49 bits per heavy atom. The van der Waals surface area contributed by atoms with Gasteiger partial charge < -0.3 is 38.7 Å². The van der Waals surface area contributed by atoms with Crippen molar-refractivity contribution in [2.45, 2.75) is 99.2 Å². The number of fused-ring (bicyclic) bond motifs is 8. The van der Waals surface area contributed by atoms with Crippen LogP contribution in [0.3, 0.4) is 0 Å². The molecule has 2 aromatic carbocycles. The van der Waals surface area contributed by atoms with E-state index in [1.807, 2.05) is 37.1 Å². The van der Waals surface area contributed by atoms with Crippen molar-refractivity contribution in [1.82, 2.24) is 14.8 Å². The average molecular weight is 809 g/mol. The fourth-order valence-corrected chi connectivity index (χ4v) is 13.9. The van der Waals surface area contributed by atoms with E-state index >= 15 is 4.79 Å². The first-order valence-corrected chi connectivity index (χ1v) is 21.3. The molecule has 314 valence electrons. The van der Waals surface area contributed by atoms with Crippen molar-refractivity contribution in [3.63, 3.8) is 0 Å². The summed E-state index contributed by atoms with van der Waals surface area (Å²) in [5.41, 5.74) is -0.627. The third-order valence-corrected chi connectivity index (χ3v) is 16.0. The lowest BCUT2D eigenvalue weighted by Gasteiger charge is -2.63. The number of epoxide rings is 1. The summed E-state index contributed by atoms with van der Waals surface area (Å²) >= 11 is 0. The van der Waals surface area contributed by atoms with E-state index in [4.69, 9.17) is 23.7 Å². The summed E-state index contributed by atoms with van der Waals surface area (Å²) < 4.78 is 30.7. The number of anilines is 1. The molecule has 2 bridgehead atoms. The minimum atomic E-state index is -2.29. The number of likely N-dealkylation sites (N-methyl/N-ethyl adjacent to an activating group) is 1. The van der Waals surface area contributed by atoms with Crippen molar-refractivity contribution >= 4 is 34.5 Å². The summed E-state index contributed by atoms with van der Waals surface area (Å²) in [6.45, 7) is 9.32. The summed E-state index contributed by atoms with van der Waals surface area (Å²) in [6.07, 6.45) is 5.94. The second kappa shape index (κ2) is 13.0. The molecule has 3 saturated heterocycles. The van der Waals surface area contributed by atoms with Crippen LogP contribution in [0.2, 0.25) is 0 Å². The first kappa shape index (κ1) is 38.8. The molecule has 1 aliphatic carbocycles. The van der Waals surface area contributed by atoms with Crippen LogP contribution in [0.15, 0.2) is 48.6 Å². The number of H-pyrrole nitrogens is 1. The summed E-state index contributed by atoms with van der Waals surface area (Å²) in [5.74, 6) is -1.37. The van der Waals surface area contributed by atoms with Crippen LogP contribution in [-0.4, -0.2) is 134 Å². The largest absolute Gasteiger partial charge is 0.496 e. The van der Waals surface area contributed by atoms with Crippen LogP contribution in [-0.2, 0) is 50.6 Å². The fraction of sp³-hybridized carbons (Fsp3) is 0.587. The monoisotopic (exact) mass is 808 g/mol. The highest BCUT2D eigenvalue weighted by molar-refractivity contribution is 5.95. The smallest absolute Gasteiger partial charge is 0.344 e. The summed E-state index contributed by atoms with van der Waals surface area (Å²) in [5, 5.41) is 14.4. The Morgan fingerprint density at radius 2 is 1.78 bits per heavy atom. The highest BCUT2D eigenvalue weighted by Crippen LogP contribution is 2.68. The van der Waals surface area contributed by atoms with E-state index in [0.717, 1.165) is 59.5 Å². The molecule has 13 nitrogen and oxygen atoms in total. The van der Waals surface area contributed by atoms with Gasteiger partial charge in [-0.15, -0.1) is 0 Å². The lowest BCUT2D eigenvalue weighted by atomic mass is 9.47. The van der Waals surface area contributed by atoms with Crippen LogP contribution in [0.1, 0.15) is 68.8 Å². The summed E-state index contributed by atoms with van der Waals surface area (Å²) in [6, 6.07) is 11.2. The van der Waals surface area contributed by atoms with Gasteiger partial charge in [0.25, 0.3) is 0 Å². The van der Waals surface area contributed by atoms with E-state index in [2.05, 4.69) is 52.1 Å². The second-order valence-corrected chi connectivity index (χ2v) is 18.3. The number of methoxy groups -OCH3 is 3. The number of aromatic amines is 1. The normalized spacial score (nSPS) is 38.7. The van der Waals surface area contributed by atoms with E-state index in [1.165, 1.54) is 21.1 Å². The van der Waals surface area contributed by atoms with Crippen LogP contribution in [0.4, 0.5) is 5.69 Å². The Hall–Kier alpha value is -4.43. The Kier molecular flexibility index (Phi) is 8.56. The number of hydrogen-bond donors (Lipinski definition) is 2.